The fraction of sp³-hybridized carbons (Fsp3) is 0.182. The van der Waals surface area contributed by atoms with Crippen LogP contribution in [0.2, 0.25) is 0 Å². The van der Waals surface area contributed by atoms with Crippen LogP contribution in [-0.2, 0) is 0 Å². The Morgan fingerprint density at radius 1 is 1.40 bits per heavy atom. The smallest absolute Gasteiger partial charge is 0.144 e. The maximum atomic E-state index is 13.1. The van der Waals surface area contributed by atoms with Crippen molar-refractivity contribution < 1.29 is 8.78 Å². The third-order valence-corrected chi connectivity index (χ3v) is 1.81. The van der Waals surface area contributed by atoms with Crippen molar-refractivity contribution in [2.24, 2.45) is 0 Å². The van der Waals surface area contributed by atoms with Crippen LogP contribution in [-0.4, -0.2) is 13.6 Å². The molecular weight excluding hydrogens is 198 g/mol. The fourth-order valence-electron chi connectivity index (χ4n) is 1.11. The van der Waals surface area contributed by atoms with Gasteiger partial charge in [0.2, 0.25) is 0 Å². The highest BCUT2D eigenvalue weighted by Gasteiger charge is 2.08. The van der Waals surface area contributed by atoms with Gasteiger partial charge >= 0.3 is 0 Å². The Kier molecular flexibility index (Phi) is 3.95. The summed E-state index contributed by atoms with van der Waals surface area (Å²) in [6.45, 7) is 0.614. The van der Waals surface area contributed by atoms with E-state index < -0.39 is 17.2 Å². The van der Waals surface area contributed by atoms with Gasteiger partial charge in [-0.15, -0.1) is 0 Å². The molecule has 0 aliphatic rings. The van der Waals surface area contributed by atoms with E-state index in [2.05, 4.69) is 5.32 Å². The molecule has 0 aromatic heterocycles. The Morgan fingerprint density at radius 2 is 2.00 bits per heavy atom. The first-order chi connectivity index (χ1) is 7.19. The minimum absolute atomic E-state index is 0.402. The van der Waals surface area contributed by atoms with Crippen LogP contribution in [0, 0.1) is 23.0 Å². The van der Waals surface area contributed by atoms with Crippen LogP contribution in [0.4, 0.5) is 8.78 Å². The van der Waals surface area contributed by atoms with Gasteiger partial charge in [-0.25, -0.2) is 8.78 Å². The number of halogens is 2. The molecule has 0 aliphatic carbocycles. The zero-order valence-electron chi connectivity index (χ0n) is 8.22. The maximum Gasteiger partial charge on any atom is 0.144 e. The largest absolute Gasteiger partial charge is 0.316 e. The molecule has 0 radical (unpaired) electrons. The van der Waals surface area contributed by atoms with Crippen molar-refractivity contribution in [3.63, 3.8) is 0 Å². The quantitative estimate of drug-likeness (QED) is 0.825. The van der Waals surface area contributed by atoms with Crippen LogP contribution in [0.25, 0.3) is 6.08 Å². The number of nitriles is 1. The van der Waals surface area contributed by atoms with E-state index in [1.54, 1.807) is 19.2 Å². The predicted octanol–water partition coefficient (Wildman–Crippen LogP) is 2.07. The molecule has 0 aliphatic heterocycles. The molecule has 1 aromatic rings. The SMILES string of the molecule is CNCC=Cc1cc(F)c(C#N)c(F)c1. The van der Waals surface area contributed by atoms with E-state index in [4.69, 9.17) is 5.26 Å². The van der Waals surface area contributed by atoms with Crippen molar-refractivity contribution in [1.29, 1.82) is 5.26 Å². The van der Waals surface area contributed by atoms with Gasteiger partial charge in [-0.3, -0.25) is 0 Å². The summed E-state index contributed by atoms with van der Waals surface area (Å²) in [6, 6.07) is 3.74. The van der Waals surface area contributed by atoms with E-state index in [1.165, 1.54) is 6.07 Å². The van der Waals surface area contributed by atoms with Crippen molar-refractivity contribution in [3.8, 4) is 6.07 Å². The van der Waals surface area contributed by atoms with Gasteiger partial charge in [0.15, 0.2) is 0 Å². The average Bonchev–Trinajstić information content (AvgIpc) is 2.18. The average molecular weight is 208 g/mol. The van der Waals surface area contributed by atoms with Crippen molar-refractivity contribution >= 4 is 6.08 Å². The normalized spacial score (nSPS) is 10.5. The lowest BCUT2D eigenvalue weighted by Gasteiger charge is -1.98. The lowest BCUT2D eigenvalue weighted by Crippen LogP contribution is -2.03. The lowest BCUT2D eigenvalue weighted by molar-refractivity contribution is 0.576. The van der Waals surface area contributed by atoms with Gasteiger partial charge in [-0.1, -0.05) is 12.2 Å². The van der Waals surface area contributed by atoms with Gasteiger partial charge < -0.3 is 5.32 Å². The summed E-state index contributed by atoms with van der Waals surface area (Å²) < 4.78 is 26.2. The van der Waals surface area contributed by atoms with Crippen LogP contribution in [0.1, 0.15) is 11.1 Å². The highest BCUT2D eigenvalue weighted by atomic mass is 19.1. The summed E-state index contributed by atoms with van der Waals surface area (Å²) in [6.07, 6.45) is 3.32. The standard InChI is InChI=1S/C11H10F2N2/c1-15-4-2-3-8-5-10(12)9(7-14)11(13)6-8/h2-3,5-6,15H,4H2,1H3. The molecule has 0 saturated heterocycles. The minimum Gasteiger partial charge on any atom is -0.316 e. The summed E-state index contributed by atoms with van der Waals surface area (Å²) in [5, 5.41) is 11.3. The molecule has 78 valence electrons. The van der Waals surface area contributed by atoms with Gasteiger partial charge in [0.1, 0.15) is 23.3 Å². The molecule has 0 spiro atoms. The lowest BCUT2D eigenvalue weighted by atomic mass is 10.1. The molecule has 2 nitrogen and oxygen atoms in total. The Bertz CT molecular complexity index is 396. The molecule has 1 aromatic carbocycles. The Morgan fingerprint density at radius 3 is 2.47 bits per heavy atom. The zero-order valence-corrected chi connectivity index (χ0v) is 8.22. The first-order valence-corrected chi connectivity index (χ1v) is 4.39. The Labute approximate surface area is 86.8 Å². The molecule has 0 bridgehead atoms. The Hall–Kier alpha value is -1.73. The monoisotopic (exact) mass is 208 g/mol. The maximum absolute atomic E-state index is 13.1. The van der Waals surface area contributed by atoms with Crippen LogP contribution in [0.5, 0.6) is 0 Å². The molecule has 0 amide bonds. The topological polar surface area (TPSA) is 35.8 Å². The summed E-state index contributed by atoms with van der Waals surface area (Å²) >= 11 is 0. The van der Waals surface area contributed by atoms with E-state index in [0.717, 1.165) is 12.1 Å². The molecule has 15 heavy (non-hydrogen) atoms. The molecule has 0 heterocycles. The van der Waals surface area contributed by atoms with E-state index in [9.17, 15) is 8.78 Å². The number of benzene rings is 1. The molecular formula is C11H10F2N2. The van der Waals surface area contributed by atoms with E-state index in [0.29, 0.717) is 12.1 Å². The van der Waals surface area contributed by atoms with E-state index >= 15 is 0 Å². The van der Waals surface area contributed by atoms with E-state index in [-0.39, 0.29) is 0 Å². The number of hydrogen-bond acceptors (Lipinski definition) is 2. The highest BCUT2D eigenvalue weighted by Crippen LogP contribution is 2.15. The number of nitrogens with zero attached hydrogens (tertiary/aromatic N) is 1. The number of nitrogens with one attached hydrogen (secondary N) is 1. The van der Waals surface area contributed by atoms with Crippen molar-refractivity contribution in [3.05, 3.63) is 41.0 Å². The minimum atomic E-state index is -0.832. The van der Waals surface area contributed by atoms with Gasteiger partial charge in [0.25, 0.3) is 0 Å². The number of rotatable bonds is 3. The summed E-state index contributed by atoms with van der Waals surface area (Å²) in [5.74, 6) is -1.66. The second kappa shape index (κ2) is 5.23. The second-order valence-corrected chi connectivity index (χ2v) is 2.93. The Balaban J connectivity index is 3.00. The number of hydrogen-bond donors (Lipinski definition) is 1. The predicted molar refractivity (Wildman–Crippen MR) is 54.0 cm³/mol. The second-order valence-electron chi connectivity index (χ2n) is 2.93. The van der Waals surface area contributed by atoms with Gasteiger partial charge in [-0.2, -0.15) is 5.26 Å². The van der Waals surface area contributed by atoms with Gasteiger partial charge in [0, 0.05) is 6.54 Å². The van der Waals surface area contributed by atoms with Crippen LogP contribution < -0.4 is 5.32 Å². The van der Waals surface area contributed by atoms with Crippen molar-refractivity contribution in [1.82, 2.24) is 5.32 Å². The third kappa shape index (κ3) is 2.86. The molecule has 0 unspecified atom stereocenters. The molecule has 1 rings (SSSR count). The third-order valence-electron chi connectivity index (χ3n) is 1.81. The molecule has 4 heteroatoms. The van der Waals surface area contributed by atoms with E-state index in [1.807, 2.05) is 0 Å². The summed E-state index contributed by atoms with van der Waals surface area (Å²) in [4.78, 5) is 0. The van der Waals surface area contributed by atoms with Gasteiger partial charge in [-0.05, 0) is 24.7 Å². The summed E-state index contributed by atoms with van der Waals surface area (Å²) in [5.41, 5.74) is -0.139. The molecule has 0 fully saturated rings. The zero-order chi connectivity index (χ0) is 11.3. The summed E-state index contributed by atoms with van der Waals surface area (Å²) in [7, 11) is 1.77. The van der Waals surface area contributed by atoms with Crippen molar-refractivity contribution in [2.45, 2.75) is 0 Å². The van der Waals surface area contributed by atoms with Crippen molar-refractivity contribution in [2.75, 3.05) is 13.6 Å². The fourth-order valence-corrected chi connectivity index (χ4v) is 1.11. The molecule has 0 saturated carbocycles. The van der Waals surface area contributed by atoms with Crippen LogP contribution in [0.15, 0.2) is 18.2 Å². The number of likely N-dealkylation sites (N-methyl/N-ethyl adjacent to an activating group) is 1. The van der Waals surface area contributed by atoms with Gasteiger partial charge in [0.05, 0.1) is 0 Å². The van der Waals surface area contributed by atoms with Crippen LogP contribution in [0.3, 0.4) is 0 Å². The molecule has 0 atom stereocenters. The van der Waals surface area contributed by atoms with Crippen LogP contribution >= 0.6 is 0 Å². The highest BCUT2D eigenvalue weighted by molar-refractivity contribution is 5.52. The molecule has 1 N–H and O–H groups in total. The first-order valence-electron chi connectivity index (χ1n) is 4.39. The first kappa shape index (κ1) is 11.3.